The number of carbonyl (C=O) groups excluding carboxylic acids is 5. The number of nitrogens with zero attached hydrogens (tertiary/aromatic N) is 1. The number of nitrogens with one attached hydrogen (secondary N) is 3. The molecule has 3 aromatic rings. The van der Waals surface area contributed by atoms with Gasteiger partial charge in [0, 0.05) is 5.56 Å². The van der Waals surface area contributed by atoms with Gasteiger partial charge < -0.3 is 45.3 Å². The van der Waals surface area contributed by atoms with Crippen molar-refractivity contribution in [2.75, 3.05) is 13.3 Å². The SMILES string of the molecule is CCCCCC(C(=O)NCNC(=O)c1ccc(-c2ccc(C(=O)NC(CC(=O)O)C(=O)O)c(OCC(=O)O)c2)o1)[C@@H](CC)N(C=O)OC(=O)c1ccccc1C. The topological polar surface area (TPSA) is 268 Å². The molecule has 56 heavy (non-hydrogen) atoms. The number of furan rings is 1. The number of ether oxygens (including phenoxy) is 1. The Kier molecular flexibility index (Phi) is 16.6. The van der Waals surface area contributed by atoms with Crippen molar-refractivity contribution in [1.82, 2.24) is 21.0 Å². The van der Waals surface area contributed by atoms with Crippen LogP contribution in [0.1, 0.15) is 89.2 Å². The first kappa shape index (κ1) is 43.7. The fraction of sp³-hybridized carbons (Fsp3) is 0.368. The van der Waals surface area contributed by atoms with Gasteiger partial charge in [0.15, 0.2) is 12.4 Å². The number of carboxylic acid groups (broad SMARTS) is 3. The number of benzene rings is 2. The third-order valence-electron chi connectivity index (χ3n) is 8.51. The molecule has 0 aliphatic carbocycles. The van der Waals surface area contributed by atoms with Crippen LogP contribution in [-0.4, -0.2) is 93.8 Å². The molecule has 1 heterocycles. The second-order valence-electron chi connectivity index (χ2n) is 12.5. The molecule has 2 unspecified atom stereocenters. The van der Waals surface area contributed by atoms with Crippen LogP contribution in [0.4, 0.5) is 0 Å². The van der Waals surface area contributed by atoms with E-state index in [2.05, 4.69) is 16.0 Å². The summed E-state index contributed by atoms with van der Waals surface area (Å²) in [6.07, 6.45) is 2.39. The number of unbranched alkanes of at least 4 members (excludes halogenated alkanes) is 2. The molecule has 0 aliphatic heterocycles. The summed E-state index contributed by atoms with van der Waals surface area (Å²) in [4.78, 5) is 104. The minimum absolute atomic E-state index is 0.0802. The molecule has 0 aliphatic rings. The van der Waals surface area contributed by atoms with E-state index >= 15 is 0 Å². The van der Waals surface area contributed by atoms with Crippen LogP contribution in [0.2, 0.25) is 0 Å². The van der Waals surface area contributed by atoms with E-state index in [4.69, 9.17) is 24.2 Å². The summed E-state index contributed by atoms with van der Waals surface area (Å²) in [5.74, 6) is -8.72. The van der Waals surface area contributed by atoms with Crippen molar-refractivity contribution < 1.29 is 67.7 Å². The molecule has 2 aromatic carbocycles. The normalized spacial score (nSPS) is 12.3. The highest BCUT2D eigenvalue weighted by Crippen LogP contribution is 2.29. The van der Waals surface area contributed by atoms with E-state index in [9.17, 15) is 43.5 Å². The Hall–Kier alpha value is -6.72. The van der Waals surface area contributed by atoms with E-state index in [0.717, 1.165) is 17.9 Å². The zero-order chi connectivity index (χ0) is 41.4. The van der Waals surface area contributed by atoms with Gasteiger partial charge in [0.05, 0.1) is 36.2 Å². The van der Waals surface area contributed by atoms with Crippen molar-refractivity contribution in [3.05, 3.63) is 77.0 Å². The fourth-order valence-corrected chi connectivity index (χ4v) is 5.65. The third kappa shape index (κ3) is 12.4. The number of rotatable bonds is 23. The van der Waals surface area contributed by atoms with Gasteiger partial charge in [0.1, 0.15) is 17.6 Å². The van der Waals surface area contributed by atoms with E-state index in [-0.39, 0.29) is 47.0 Å². The average molecular weight is 781 g/mol. The Morgan fingerprint density at radius 3 is 2.23 bits per heavy atom. The van der Waals surface area contributed by atoms with Gasteiger partial charge in [0.25, 0.3) is 11.8 Å². The maximum atomic E-state index is 13.5. The molecular weight excluding hydrogens is 736 g/mol. The third-order valence-corrected chi connectivity index (χ3v) is 8.51. The molecule has 0 saturated heterocycles. The monoisotopic (exact) mass is 780 g/mol. The molecule has 3 rings (SSSR count). The van der Waals surface area contributed by atoms with Crippen molar-refractivity contribution in [1.29, 1.82) is 0 Å². The Bertz CT molecular complexity index is 1910. The molecule has 4 amide bonds. The smallest absolute Gasteiger partial charge is 0.363 e. The molecule has 300 valence electrons. The lowest BCUT2D eigenvalue weighted by Crippen LogP contribution is -2.49. The van der Waals surface area contributed by atoms with Crippen LogP contribution in [0.15, 0.2) is 59.0 Å². The zero-order valence-corrected chi connectivity index (χ0v) is 30.9. The maximum absolute atomic E-state index is 13.5. The minimum atomic E-state index is -1.79. The first-order valence-corrected chi connectivity index (χ1v) is 17.6. The summed E-state index contributed by atoms with van der Waals surface area (Å²) in [5, 5.41) is 35.5. The summed E-state index contributed by atoms with van der Waals surface area (Å²) >= 11 is 0. The summed E-state index contributed by atoms with van der Waals surface area (Å²) in [6.45, 7) is 4.25. The van der Waals surface area contributed by atoms with E-state index in [1.807, 2.05) is 6.92 Å². The predicted octanol–water partition coefficient (Wildman–Crippen LogP) is 3.39. The van der Waals surface area contributed by atoms with Crippen LogP contribution in [0.3, 0.4) is 0 Å². The number of carboxylic acids is 3. The molecule has 6 N–H and O–H groups in total. The quantitative estimate of drug-likeness (QED) is 0.0349. The molecule has 1 aromatic heterocycles. The van der Waals surface area contributed by atoms with Crippen LogP contribution < -0.4 is 20.7 Å². The number of amides is 4. The molecule has 18 nitrogen and oxygen atoms in total. The second kappa shape index (κ2) is 21.2. The zero-order valence-electron chi connectivity index (χ0n) is 30.9. The molecule has 0 saturated carbocycles. The predicted molar refractivity (Wildman–Crippen MR) is 195 cm³/mol. The van der Waals surface area contributed by atoms with Crippen molar-refractivity contribution in [2.45, 2.75) is 71.4 Å². The maximum Gasteiger partial charge on any atom is 0.363 e. The van der Waals surface area contributed by atoms with Gasteiger partial charge in [-0.2, -0.15) is 5.06 Å². The molecule has 0 spiro atoms. The Labute approximate surface area is 321 Å². The number of hydrogen-bond donors (Lipinski definition) is 6. The van der Waals surface area contributed by atoms with Crippen molar-refractivity contribution >= 4 is 48.0 Å². The van der Waals surface area contributed by atoms with Gasteiger partial charge in [0.2, 0.25) is 12.3 Å². The van der Waals surface area contributed by atoms with Crippen LogP contribution in [0.5, 0.6) is 5.75 Å². The van der Waals surface area contributed by atoms with E-state index in [1.54, 1.807) is 38.1 Å². The van der Waals surface area contributed by atoms with Gasteiger partial charge in [-0.1, -0.05) is 57.4 Å². The van der Waals surface area contributed by atoms with Crippen LogP contribution in [-0.2, 0) is 28.8 Å². The molecule has 0 fully saturated rings. The van der Waals surface area contributed by atoms with Crippen molar-refractivity contribution in [3.8, 4) is 17.1 Å². The van der Waals surface area contributed by atoms with Gasteiger partial charge in [-0.25, -0.2) is 14.4 Å². The first-order chi connectivity index (χ1) is 26.7. The van der Waals surface area contributed by atoms with Crippen molar-refractivity contribution in [3.63, 3.8) is 0 Å². The molecule has 0 bridgehead atoms. The summed E-state index contributed by atoms with van der Waals surface area (Å²) in [6, 6.07) is 10.6. The minimum Gasteiger partial charge on any atom is -0.481 e. The van der Waals surface area contributed by atoms with Gasteiger partial charge in [-0.3, -0.25) is 24.0 Å². The largest absolute Gasteiger partial charge is 0.481 e. The fourth-order valence-electron chi connectivity index (χ4n) is 5.65. The Balaban J connectivity index is 1.73. The van der Waals surface area contributed by atoms with Crippen molar-refractivity contribution in [2.24, 2.45) is 5.92 Å². The lowest BCUT2D eigenvalue weighted by molar-refractivity contribution is -0.171. The van der Waals surface area contributed by atoms with E-state index < -0.39 is 72.6 Å². The number of hydroxylamine groups is 2. The second-order valence-corrected chi connectivity index (χ2v) is 12.5. The van der Waals surface area contributed by atoms with Crippen LogP contribution >= 0.6 is 0 Å². The standard InChI is InChI=1S/C38H44N4O14/c1-4-6-7-12-25(28(5-2)42(21-43)56-38(53)24-11-9-8-10-22(24)3)34(48)39-20-40-36(50)30-16-15-29(55-30)23-13-14-26(31(17-23)54-19-33(46)47)35(49)41-27(37(51)52)18-32(44)45/h8-11,13-17,21,25,27-28H,4-7,12,18-20H2,1-3H3,(H,39,48)(H,40,50)(H,41,49)(H,44,45)(H,46,47)(H,51,52)/t25?,27?,28-/m1/s1. The Morgan fingerprint density at radius 1 is 0.875 bits per heavy atom. The summed E-state index contributed by atoms with van der Waals surface area (Å²) in [7, 11) is 0. The van der Waals surface area contributed by atoms with E-state index in [0.29, 0.717) is 24.8 Å². The number of hydrogen-bond acceptors (Lipinski definition) is 11. The summed E-state index contributed by atoms with van der Waals surface area (Å²) < 4.78 is 10.9. The van der Waals surface area contributed by atoms with Crippen LogP contribution in [0, 0.1) is 12.8 Å². The molecule has 3 atom stereocenters. The molecule has 18 heteroatoms. The van der Waals surface area contributed by atoms with Crippen LogP contribution in [0.25, 0.3) is 11.3 Å². The van der Waals surface area contributed by atoms with E-state index in [1.165, 1.54) is 30.3 Å². The molecular formula is C38H44N4O14. The number of carbonyl (C=O) groups is 8. The highest BCUT2D eigenvalue weighted by molar-refractivity contribution is 6.00. The highest BCUT2D eigenvalue weighted by Gasteiger charge is 2.34. The first-order valence-electron chi connectivity index (χ1n) is 17.6. The van der Waals surface area contributed by atoms with Gasteiger partial charge >= 0.3 is 23.9 Å². The molecule has 0 radical (unpaired) electrons. The summed E-state index contributed by atoms with van der Waals surface area (Å²) in [5.41, 5.74) is 0.833. The Morgan fingerprint density at radius 2 is 1.61 bits per heavy atom. The lowest BCUT2D eigenvalue weighted by Gasteiger charge is -2.32. The van der Waals surface area contributed by atoms with Gasteiger partial charge in [-0.15, -0.1) is 0 Å². The number of aryl methyl sites for hydroxylation is 1. The van der Waals surface area contributed by atoms with Gasteiger partial charge in [-0.05, 0) is 55.7 Å². The number of aliphatic carboxylic acids is 3. The lowest BCUT2D eigenvalue weighted by atomic mass is 9.90. The highest BCUT2D eigenvalue weighted by atomic mass is 16.7. The average Bonchev–Trinajstić information content (AvgIpc) is 3.66.